The van der Waals surface area contributed by atoms with Gasteiger partial charge in [0.25, 0.3) is 21.8 Å². The fourth-order valence-electron chi connectivity index (χ4n) is 11.1. The number of likely N-dealkylation sites (tertiary alicyclic amines) is 1. The summed E-state index contributed by atoms with van der Waals surface area (Å²) in [6, 6.07) is 16.6. The molecule has 2 aliphatic carbocycles. The minimum absolute atomic E-state index is 0.0262. The summed E-state index contributed by atoms with van der Waals surface area (Å²) < 4.78 is 62.7. The third kappa shape index (κ3) is 10.8. The van der Waals surface area contributed by atoms with Crippen LogP contribution in [0.4, 0.5) is 21.6 Å². The van der Waals surface area contributed by atoms with Gasteiger partial charge in [-0.15, -0.1) is 0 Å². The molecule has 3 aromatic heterocycles. The van der Waals surface area contributed by atoms with Gasteiger partial charge in [0.1, 0.15) is 28.7 Å². The Labute approximate surface area is 414 Å². The lowest BCUT2D eigenvalue weighted by atomic mass is 9.70. The van der Waals surface area contributed by atoms with Gasteiger partial charge < -0.3 is 34.5 Å². The van der Waals surface area contributed by atoms with Crippen LogP contribution in [-0.2, 0) is 14.8 Å². The molecule has 2 saturated carbocycles. The number of carbonyl (C=O) groups is 1. The van der Waals surface area contributed by atoms with E-state index in [0.717, 1.165) is 63.2 Å². The summed E-state index contributed by atoms with van der Waals surface area (Å²) in [5, 5.41) is 25.6. The third-order valence-corrected chi connectivity index (χ3v) is 16.7. The third-order valence-electron chi connectivity index (χ3n) is 15.4. The largest absolute Gasteiger partial charge is 0.472 e. The number of aliphatic hydroxyl groups is 1. The molecular weight excluding hydrogens is 932 g/mol. The number of nitro groups is 1. The van der Waals surface area contributed by atoms with Gasteiger partial charge >= 0.3 is 5.69 Å². The number of halogens is 1. The molecule has 0 unspecified atom stereocenters. The van der Waals surface area contributed by atoms with Crippen LogP contribution in [0.15, 0.2) is 71.9 Å². The summed E-state index contributed by atoms with van der Waals surface area (Å²) in [4.78, 5) is 41.4. The summed E-state index contributed by atoms with van der Waals surface area (Å²) in [5.74, 6) is -0.793. The molecule has 1 amide bonds. The number of anilines is 2. The summed E-state index contributed by atoms with van der Waals surface area (Å²) in [6.45, 7) is 12.1. The minimum Gasteiger partial charge on any atom is -0.472 e. The normalized spacial score (nSPS) is 22.9. The van der Waals surface area contributed by atoms with Gasteiger partial charge in [0.15, 0.2) is 5.75 Å². The number of amides is 1. The summed E-state index contributed by atoms with van der Waals surface area (Å²) in [7, 11) is -3.22. The number of sulfonamides is 1. The zero-order valence-corrected chi connectivity index (χ0v) is 41.9. The zero-order chi connectivity index (χ0) is 50.2. The Bertz CT molecular complexity index is 2870. The Balaban J connectivity index is 0.951. The van der Waals surface area contributed by atoms with E-state index in [0.29, 0.717) is 50.1 Å². The van der Waals surface area contributed by atoms with Crippen LogP contribution in [-0.4, -0.2) is 108 Å². The predicted octanol–water partition coefficient (Wildman–Crippen LogP) is 9.04. The van der Waals surface area contributed by atoms with Gasteiger partial charge in [0, 0.05) is 76.0 Å². The van der Waals surface area contributed by atoms with Crippen LogP contribution in [0.1, 0.15) is 119 Å². The quantitative estimate of drug-likeness (QED) is 0.0506. The number of methoxy groups -OCH3 is 1. The van der Waals surface area contributed by atoms with Crippen molar-refractivity contribution in [2.45, 2.75) is 120 Å². The number of hydrogen-bond acceptors (Lipinski definition) is 14. The standard InChI is InChI=1S/C52H65FN8O9S/c1-32(2)37-9-6-7-10-38(37)39-11-8-12-43(39)60-30-52(31-60)19-21-59(22-20-52)35-13-14-40(45(23-35)70-46-25-41-42(53)28-56-47(41)57-50(46)69-29-33(3)68-5)49(62)58-71(66,67)36-24-44(61(64)65)48(55-27-36)54-26-34-15-17-51(4,63)18-16-34/h6-7,9-10,13-14,23-25,27-28,32-34,39,43,63H,8,11-12,15-22,26,29-31H2,1-5H3,(H,54,55)(H,56,57)(H,58,62)/t33-,34?,39-,43-,51?/m1/s1. The molecule has 380 valence electrons. The van der Waals surface area contributed by atoms with Gasteiger partial charge in [-0.3, -0.25) is 19.8 Å². The molecule has 17 nitrogen and oxygen atoms in total. The molecule has 4 aliphatic rings. The fraction of sp³-hybridized carbons (Fsp3) is 0.519. The van der Waals surface area contributed by atoms with E-state index >= 15 is 4.39 Å². The minimum atomic E-state index is -4.75. The highest BCUT2D eigenvalue weighted by atomic mass is 32.2. The Morgan fingerprint density at radius 1 is 1.03 bits per heavy atom. The number of piperidine rings is 1. The van der Waals surface area contributed by atoms with Crippen molar-refractivity contribution in [1.82, 2.24) is 24.6 Å². The first-order chi connectivity index (χ1) is 33.9. The molecule has 2 saturated heterocycles. The number of fused-ring (bicyclic) bond motifs is 1. The van der Waals surface area contributed by atoms with Gasteiger partial charge in [0.2, 0.25) is 5.82 Å². The molecule has 5 heterocycles. The van der Waals surface area contributed by atoms with Crippen molar-refractivity contribution in [3.63, 3.8) is 0 Å². The van der Waals surface area contributed by atoms with Gasteiger partial charge in [0.05, 0.1) is 33.8 Å². The fourth-order valence-corrected chi connectivity index (χ4v) is 12.0. The summed E-state index contributed by atoms with van der Waals surface area (Å²) in [5.41, 5.74) is 2.54. The lowest BCUT2D eigenvalue weighted by Gasteiger charge is -2.57. The number of rotatable bonds is 17. The van der Waals surface area contributed by atoms with Crippen LogP contribution in [0, 0.1) is 27.3 Å². The van der Waals surface area contributed by atoms with E-state index in [1.165, 1.54) is 49.6 Å². The van der Waals surface area contributed by atoms with Crippen LogP contribution in [0.5, 0.6) is 17.4 Å². The van der Waals surface area contributed by atoms with E-state index in [1.807, 2.05) is 0 Å². The molecule has 3 atom stereocenters. The number of benzene rings is 2. The van der Waals surface area contributed by atoms with Crippen molar-refractivity contribution in [3.05, 3.63) is 99.6 Å². The van der Waals surface area contributed by atoms with E-state index in [1.54, 1.807) is 26.0 Å². The van der Waals surface area contributed by atoms with Crippen LogP contribution in [0.2, 0.25) is 0 Å². The second kappa shape index (κ2) is 20.3. The molecule has 0 bridgehead atoms. The number of nitrogens with one attached hydrogen (secondary N) is 3. The topological polar surface area (TPSA) is 214 Å². The Morgan fingerprint density at radius 3 is 2.49 bits per heavy atom. The van der Waals surface area contributed by atoms with Crippen LogP contribution in [0.3, 0.4) is 0 Å². The average molecular weight is 997 g/mol. The highest BCUT2D eigenvalue weighted by molar-refractivity contribution is 7.90. The van der Waals surface area contributed by atoms with Crippen molar-refractivity contribution in [1.29, 1.82) is 0 Å². The lowest BCUT2D eigenvalue weighted by Crippen LogP contribution is -2.63. The number of hydrogen-bond donors (Lipinski definition) is 4. The van der Waals surface area contributed by atoms with Crippen LogP contribution < -0.4 is 24.4 Å². The monoisotopic (exact) mass is 996 g/mol. The molecule has 2 aliphatic heterocycles. The van der Waals surface area contributed by atoms with Crippen molar-refractivity contribution >= 4 is 44.2 Å². The maximum atomic E-state index is 15.0. The van der Waals surface area contributed by atoms with Crippen molar-refractivity contribution in [3.8, 4) is 17.4 Å². The first-order valence-electron chi connectivity index (χ1n) is 24.8. The molecule has 1 spiro atoms. The second-order valence-corrected chi connectivity index (χ2v) is 22.5. The molecule has 4 N–H and O–H groups in total. The molecular formula is C52H65FN8O9S. The molecule has 19 heteroatoms. The van der Waals surface area contributed by atoms with E-state index in [-0.39, 0.29) is 63.8 Å². The maximum absolute atomic E-state index is 15.0. The molecule has 71 heavy (non-hydrogen) atoms. The summed E-state index contributed by atoms with van der Waals surface area (Å²) >= 11 is 0. The number of aromatic amines is 1. The highest BCUT2D eigenvalue weighted by Crippen LogP contribution is 2.49. The van der Waals surface area contributed by atoms with E-state index in [9.17, 15) is 28.4 Å². The summed E-state index contributed by atoms with van der Waals surface area (Å²) in [6.07, 6.45) is 9.92. The van der Waals surface area contributed by atoms with Crippen LogP contribution >= 0.6 is 0 Å². The number of H-pyrrole nitrogens is 1. The maximum Gasteiger partial charge on any atom is 0.312 e. The van der Waals surface area contributed by atoms with E-state index in [2.05, 4.69) is 72.9 Å². The zero-order valence-electron chi connectivity index (χ0n) is 41.1. The van der Waals surface area contributed by atoms with E-state index in [4.69, 9.17) is 14.2 Å². The SMILES string of the molecule is CO[C@H](C)COc1nc2[nH]cc(F)c2cc1Oc1cc(N2CCC3(CC2)CN([C@@H]2CCC[C@@H]2c2ccccc2C(C)C)C3)ccc1C(=O)NS(=O)(=O)c1cnc(NCC2CCC(C)(O)CC2)c([N+](=O)[O-])c1. The second-order valence-electron chi connectivity index (χ2n) is 20.8. The molecule has 4 fully saturated rings. The molecule has 9 rings (SSSR count). The molecule has 2 aromatic carbocycles. The predicted molar refractivity (Wildman–Crippen MR) is 268 cm³/mol. The van der Waals surface area contributed by atoms with Gasteiger partial charge in [-0.05, 0) is 112 Å². The first kappa shape index (κ1) is 50.1. The average Bonchev–Trinajstić information content (AvgIpc) is 3.97. The number of nitrogens with zero attached hydrogens (tertiary/aromatic N) is 5. The highest BCUT2D eigenvalue weighted by Gasteiger charge is 2.49. The Kier molecular flexibility index (Phi) is 14.3. The van der Waals surface area contributed by atoms with Gasteiger partial charge in [-0.2, -0.15) is 4.98 Å². The van der Waals surface area contributed by atoms with Gasteiger partial charge in [-0.1, -0.05) is 44.5 Å². The number of ether oxygens (including phenoxy) is 3. The van der Waals surface area contributed by atoms with E-state index < -0.39 is 42.9 Å². The van der Waals surface area contributed by atoms with Crippen molar-refractivity contribution in [2.75, 3.05) is 56.7 Å². The van der Waals surface area contributed by atoms with Gasteiger partial charge in [-0.25, -0.2) is 22.5 Å². The van der Waals surface area contributed by atoms with Crippen molar-refractivity contribution < 1.29 is 41.8 Å². The Morgan fingerprint density at radius 2 is 1.77 bits per heavy atom. The first-order valence-corrected chi connectivity index (χ1v) is 26.3. The molecule has 5 aromatic rings. The number of aromatic nitrogens is 3. The number of carbonyl (C=O) groups excluding carboxylic acids is 1. The lowest BCUT2D eigenvalue weighted by molar-refractivity contribution is -0.384. The smallest absolute Gasteiger partial charge is 0.312 e. The van der Waals surface area contributed by atoms with Crippen molar-refractivity contribution in [2.24, 2.45) is 11.3 Å². The Hall–Kier alpha value is -5.89. The molecule has 0 radical (unpaired) electrons. The number of pyridine rings is 2. The van der Waals surface area contributed by atoms with Crippen LogP contribution in [0.25, 0.3) is 11.0 Å².